The molecule has 0 aliphatic carbocycles. The zero-order valence-electron chi connectivity index (χ0n) is 12.7. The Labute approximate surface area is 130 Å². The highest BCUT2D eigenvalue weighted by Crippen LogP contribution is 2.34. The standard InChI is InChI=1S/C15H25N3O2S/c1-18-7-5-17-14(18)21-11-6-16-13-2-8-20-15(12-13)3-9-19-10-4-15/h5,7,13,16H,2-4,6,8-12H2,1H3. The van der Waals surface area contributed by atoms with E-state index in [1.165, 1.54) is 0 Å². The van der Waals surface area contributed by atoms with Crippen molar-refractivity contribution >= 4 is 11.8 Å². The first-order valence-electron chi connectivity index (χ1n) is 7.83. The maximum Gasteiger partial charge on any atom is 0.167 e. The lowest BCUT2D eigenvalue weighted by molar-refractivity contribution is -0.140. The van der Waals surface area contributed by atoms with Gasteiger partial charge < -0.3 is 19.4 Å². The maximum atomic E-state index is 6.08. The predicted molar refractivity (Wildman–Crippen MR) is 83.7 cm³/mol. The first-order valence-corrected chi connectivity index (χ1v) is 8.81. The lowest BCUT2D eigenvalue weighted by atomic mass is 9.84. The summed E-state index contributed by atoms with van der Waals surface area (Å²) in [5.41, 5.74) is 0.0843. The first-order chi connectivity index (χ1) is 10.3. The Morgan fingerprint density at radius 3 is 3.05 bits per heavy atom. The summed E-state index contributed by atoms with van der Waals surface area (Å²) in [6.07, 6.45) is 8.19. The van der Waals surface area contributed by atoms with Crippen molar-refractivity contribution in [3.05, 3.63) is 12.4 Å². The molecule has 1 aromatic heterocycles. The Balaban J connectivity index is 1.40. The Bertz CT molecular complexity index is 440. The van der Waals surface area contributed by atoms with Crippen LogP contribution in [0.5, 0.6) is 0 Å². The highest BCUT2D eigenvalue weighted by molar-refractivity contribution is 7.99. The molecule has 2 fully saturated rings. The molecular weight excluding hydrogens is 286 g/mol. The number of imidazole rings is 1. The molecule has 2 aliphatic heterocycles. The minimum atomic E-state index is 0.0843. The van der Waals surface area contributed by atoms with Crippen LogP contribution in [-0.4, -0.2) is 53.3 Å². The van der Waals surface area contributed by atoms with Crippen molar-refractivity contribution < 1.29 is 9.47 Å². The number of aryl methyl sites for hydroxylation is 1. The monoisotopic (exact) mass is 311 g/mol. The predicted octanol–water partition coefficient (Wildman–Crippen LogP) is 1.83. The minimum Gasteiger partial charge on any atom is -0.381 e. The third-order valence-electron chi connectivity index (χ3n) is 4.44. The van der Waals surface area contributed by atoms with Crippen LogP contribution in [-0.2, 0) is 16.5 Å². The molecule has 3 rings (SSSR count). The van der Waals surface area contributed by atoms with Crippen molar-refractivity contribution in [1.82, 2.24) is 14.9 Å². The number of nitrogens with zero attached hydrogens (tertiary/aromatic N) is 2. The lowest BCUT2D eigenvalue weighted by Crippen LogP contribution is -2.50. The highest BCUT2D eigenvalue weighted by atomic mass is 32.2. The molecule has 0 amide bonds. The van der Waals surface area contributed by atoms with E-state index in [1.807, 2.05) is 31.2 Å². The van der Waals surface area contributed by atoms with Crippen molar-refractivity contribution in [2.24, 2.45) is 7.05 Å². The number of hydrogen-bond acceptors (Lipinski definition) is 5. The van der Waals surface area contributed by atoms with Crippen LogP contribution in [0.25, 0.3) is 0 Å². The van der Waals surface area contributed by atoms with Crippen LogP contribution in [0.3, 0.4) is 0 Å². The average Bonchev–Trinajstić information content (AvgIpc) is 2.90. The molecule has 0 aromatic carbocycles. The Morgan fingerprint density at radius 2 is 2.29 bits per heavy atom. The van der Waals surface area contributed by atoms with Gasteiger partial charge in [-0.2, -0.15) is 0 Å². The van der Waals surface area contributed by atoms with Gasteiger partial charge in [0.2, 0.25) is 0 Å². The summed E-state index contributed by atoms with van der Waals surface area (Å²) in [6.45, 7) is 3.60. The van der Waals surface area contributed by atoms with Crippen LogP contribution < -0.4 is 5.32 Å². The largest absolute Gasteiger partial charge is 0.381 e. The van der Waals surface area contributed by atoms with E-state index in [2.05, 4.69) is 14.9 Å². The van der Waals surface area contributed by atoms with Gasteiger partial charge in [-0.05, 0) is 25.7 Å². The van der Waals surface area contributed by atoms with Gasteiger partial charge in [0.05, 0.1) is 5.60 Å². The Kier molecular flexibility index (Phi) is 5.21. The SMILES string of the molecule is Cn1ccnc1SCCNC1CCOC2(CCOCC2)C1. The second-order valence-corrected chi connectivity index (χ2v) is 7.02. The van der Waals surface area contributed by atoms with Crippen LogP contribution >= 0.6 is 11.8 Å². The van der Waals surface area contributed by atoms with Gasteiger partial charge in [-0.1, -0.05) is 11.8 Å². The van der Waals surface area contributed by atoms with Gasteiger partial charge in [-0.15, -0.1) is 0 Å². The van der Waals surface area contributed by atoms with E-state index in [9.17, 15) is 0 Å². The van der Waals surface area contributed by atoms with E-state index in [0.717, 1.165) is 63.0 Å². The van der Waals surface area contributed by atoms with Crippen LogP contribution in [0.4, 0.5) is 0 Å². The zero-order chi connectivity index (χ0) is 14.5. The fourth-order valence-electron chi connectivity index (χ4n) is 3.19. The Morgan fingerprint density at radius 1 is 1.43 bits per heavy atom. The first kappa shape index (κ1) is 15.3. The number of ether oxygens (including phenoxy) is 2. The van der Waals surface area contributed by atoms with Gasteiger partial charge >= 0.3 is 0 Å². The number of rotatable bonds is 5. The third-order valence-corrected chi connectivity index (χ3v) is 5.50. The fraction of sp³-hybridized carbons (Fsp3) is 0.800. The normalized spacial score (nSPS) is 25.3. The lowest BCUT2D eigenvalue weighted by Gasteiger charge is -2.43. The van der Waals surface area contributed by atoms with Gasteiger partial charge in [0, 0.05) is 57.6 Å². The molecule has 1 spiro atoms. The van der Waals surface area contributed by atoms with E-state index in [4.69, 9.17) is 9.47 Å². The molecule has 1 N–H and O–H groups in total. The van der Waals surface area contributed by atoms with E-state index < -0.39 is 0 Å². The second-order valence-electron chi connectivity index (χ2n) is 5.96. The maximum absolute atomic E-state index is 6.08. The number of hydrogen-bond donors (Lipinski definition) is 1. The average molecular weight is 311 g/mol. The summed E-state index contributed by atoms with van der Waals surface area (Å²) in [5, 5.41) is 4.78. The molecule has 0 saturated carbocycles. The number of aromatic nitrogens is 2. The van der Waals surface area contributed by atoms with Gasteiger partial charge in [0.15, 0.2) is 5.16 Å². The number of thioether (sulfide) groups is 1. The molecule has 2 saturated heterocycles. The number of nitrogens with one attached hydrogen (secondary N) is 1. The molecular formula is C15H25N3O2S. The third kappa shape index (κ3) is 4.00. The fourth-order valence-corrected chi connectivity index (χ4v) is 3.99. The molecule has 0 radical (unpaired) electrons. The summed E-state index contributed by atoms with van der Waals surface area (Å²) in [7, 11) is 2.04. The Hall–Kier alpha value is -0.560. The molecule has 3 heterocycles. The topological polar surface area (TPSA) is 48.3 Å². The molecule has 2 aliphatic rings. The second kappa shape index (κ2) is 7.13. The highest BCUT2D eigenvalue weighted by Gasteiger charge is 2.38. The van der Waals surface area contributed by atoms with E-state index in [-0.39, 0.29) is 5.60 Å². The summed E-state index contributed by atoms with van der Waals surface area (Å²) >= 11 is 1.81. The van der Waals surface area contributed by atoms with E-state index >= 15 is 0 Å². The van der Waals surface area contributed by atoms with Crippen LogP contribution in [0, 0.1) is 0 Å². The van der Waals surface area contributed by atoms with Crippen LogP contribution in [0.1, 0.15) is 25.7 Å². The summed E-state index contributed by atoms with van der Waals surface area (Å²) in [4.78, 5) is 4.33. The smallest absolute Gasteiger partial charge is 0.167 e. The van der Waals surface area contributed by atoms with E-state index in [0.29, 0.717) is 6.04 Å². The van der Waals surface area contributed by atoms with Gasteiger partial charge in [-0.25, -0.2) is 4.98 Å². The summed E-state index contributed by atoms with van der Waals surface area (Å²) in [6, 6.07) is 0.582. The van der Waals surface area contributed by atoms with Crippen molar-refractivity contribution in [3.63, 3.8) is 0 Å². The summed E-state index contributed by atoms with van der Waals surface area (Å²) in [5.74, 6) is 1.05. The van der Waals surface area contributed by atoms with Crippen molar-refractivity contribution in [3.8, 4) is 0 Å². The molecule has 6 heteroatoms. The quantitative estimate of drug-likeness (QED) is 0.664. The summed E-state index contributed by atoms with van der Waals surface area (Å²) < 4.78 is 13.6. The molecule has 1 unspecified atom stereocenters. The molecule has 21 heavy (non-hydrogen) atoms. The van der Waals surface area contributed by atoms with E-state index in [1.54, 1.807) is 0 Å². The van der Waals surface area contributed by atoms with Gasteiger partial charge in [-0.3, -0.25) is 0 Å². The molecule has 118 valence electrons. The van der Waals surface area contributed by atoms with Gasteiger partial charge in [0.1, 0.15) is 0 Å². The zero-order valence-corrected chi connectivity index (χ0v) is 13.5. The molecule has 0 bridgehead atoms. The molecule has 1 atom stereocenters. The van der Waals surface area contributed by atoms with Crippen LogP contribution in [0.2, 0.25) is 0 Å². The van der Waals surface area contributed by atoms with Gasteiger partial charge in [0.25, 0.3) is 0 Å². The molecule has 1 aromatic rings. The van der Waals surface area contributed by atoms with Crippen molar-refractivity contribution in [2.75, 3.05) is 32.1 Å². The van der Waals surface area contributed by atoms with Crippen molar-refractivity contribution in [1.29, 1.82) is 0 Å². The van der Waals surface area contributed by atoms with Crippen molar-refractivity contribution in [2.45, 2.75) is 42.5 Å². The minimum absolute atomic E-state index is 0.0843. The molecule has 5 nitrogen and oxygen atoms in total. The van der Waals surface area contributed by atoms with Crippen LogP contribution in [0.15, 0.2) is 17.6 Å².